The molecule has 1 heterocycles. The highest BCUT2D eigenvalue weighted by molar-refractivity contribution is 7.80. The van der Waals surface area contributed by atoms with Gasteiger partial charge in [0.15, 0.2) is 16.6 Å². The number of methoxy groups -OCH3 is 2. The van der Waals surface area contributed by atoms with Crippen LogP contribution < -0.4 is 14.8 Å². The lowest BCUT2D eigenvalue weighted by molar-refractivity contribution is -0.130. The molecule has 1 aliphatic heterocycles. The van der Waals surface area contributed by atoms with Crippen LogP contribution in [0.15, 0.2) is 23.8 Å². The largest absolute Gasteiger partial charge is 0.493 e. The van der Waals surface area contributed by atoms with Gasteiger partial charge in [-0.3, -0.25) is 19.8 Å². The van der Waals surface area contributed by atoms with Crippen molar-refractivity contribution in [2.24, 2.45) is 0 Å². The van der Waals surface area contributed by atoms with E-state index in [-0.39, 0.29) is 22.6 Å². The Kier molecular flexibility index (Phi) is 5.56. The molecule has 2 fully saturated rings. The summed E-state index contributed by atoms with van der Waals surface area (Å²) in [6.07, 6.45) is 6.69. The van der Waals surface area contributed by atoms with E-state index in [1.807, 2.05) is 0 Å². The topological polar surface area (TPSA) is 67.9 Å². The predicted octanol–water partition coefficient (Wildman–Crippen LogP) is 2.66. The van der Waals surface area contributed by atoms with Crippen LogP contribution in [0.5, 0.6) is 11.5 Å². The van der Waals surface area contributed by atoms with E-state index in [2.05, 4.69) is 5.32 Å². The van der Waals surface area contributed by atoms with Crippen LogP contribution in [-0.4, -0.2) is 42.1 Å². The van der Waals surface area contributed by atoms with Crippen LogP contribution in [0.25, 0.3) is 6.08 Å². The Hall–Kier alpha value is -2.41. The molecule has 0 unspecified atom stereocenters. The number of nitrogens with zero attached hydrogens (tertiary/aromatic N) is 1. The molecule has 1 aliphatic carbocycles. The van der Waals surface area contributed by atoms with E-state index in [9.17, 15) is 9.59 Å². The molecule has 2 amide bonds. The van der Waals surface area contributed by atoms with E-state index in [0.717, 1.165) is 25.7 Å². The van der Waals surface area contributed by atoms with Crippen molar-refractivity contribution < 1.29 is 19.1 Å². The maximum atomic E-state index is 13.0. The number of hydrogen-bond donors (Lipinski definition) is 1. The summed E-state index contributed by atoms with van der Waals surface area (Å²) in [5.74, 6) is 0.312. The van der Waals surface area contributed by atoms with E-state index in [0.29, 0.717) is 17.1 Å². The number of rotatable bonds is 4. The quantitative estimate of drug-likeness (QED) is 0.499. The first kappa shape index (κ1) is 18.4. The second-order valence-electron chi connectivity index (χ2n) is 6.40. The first-order valence-corrected chi connectivity index (χ1v) is 9.08. The van der Waals surface area contributed by atoms with Gasteiger partial charge in [0.05, 0.1) is 14.2 Å². The van der Waals surface area contributed by atoms with E-state index >= 15 is 0 Å². The fourth-order valence-electron chi connectivity index (χ4n) is 3.45. The van der Waals surface area contributed by atoms with Crippen molar-refractivity contribution in [2.45, 2.75) is 38.1 Å². The molecule has 6 nitrogen and oxygen atoms in total. The normalized spacial score (nSPS) is 20.3. The molecule has 1 saturated heterocycles. The van der Waals surface area contributed by atoms with Crippen LogP contribution in [0.2, 0.25) is 0 Å². The van der Waals surface area contributed by atoms with Crippen LogP contribution in [0.1, 0.15) is 37.7 Å². The van der Waals surface area contributed by atoms with Gasteiger partial charge in [-0.05, 0) is 48.8 Å². The number of carbonyl (C=O) groups is 2. The molecule has 1 aromatic rings. The van der Waals surface area contributed by atoms with Crippen LogP contribution in [0, 0.1) is 0 Å². The molecule has 1 N–H and O–H groups in total. The first-order valence-electron chi connectivity index (χ1n) is 8.67. The summed E-state index contributed by atoms with van der Waals surface area (Å²) in [6.45, 7) is 0. The van der Waals surface area contributed by atoms with Gasteiger partial charge in [0, 0.05) is 6.04 Å². The Morgan fingerprint density at radius 2 is 1.81 bits per heavy atom. The van der Waals surface area contributed by atoms with Gasteiger partial charge in [0.1, 0.15) is 5.57 Å². The highest BCUT2D eigenvalue weighted by atomic mass is 32.1. The molecule has 138 valence electrons. The number of carbonyl (C=O) groups excluding carboxylic acids is 2. The van der Waals surface area contributed by atoms with E-state index in [1.165, 1.54) is 13.5 Å². The van der Waals surface area contributed by atoms with Gasteiger partial charge in [-0.15, -0.1) is 0 Å². The second-order valence-corrected chi connectivity index (χ2v) is 6.79. The predicted molar refractivity (Wildman–Crippen MR) is 102 cm³/mol. The number of amides is 2. The number of benzene rings is 1. The standard InChI is InChI=1S/C19H22N2O4S/c1-24-15-9-8-12(11-16(15)25-2)10-14-17(22)20-19(26)21(18(14)23)13-6-4-3-5-7-13/h8-11,13H,3-7H2,1-2H3,(H,20,22,26). The van der Waals surface area contributed by atoms with Gasteiger partial charge < -0.3 is 9.47 Å². The monoisotopic (exact) mass is 374 g/mol. The van der Waals surface area contributed by atoms with Crippen molar-refractivity contribution in [2.75, 3.05) is 14.2 Å². The van der Waals surface area contributed by atoms with Crippen molar-refractivity contribution in [1.82, 2.24) is 10.2 Å². The summed E-state index contributed by atoms with van der Waals surface area (Å²) in [7, 11) is 3.09. The molecule has 0 aromatic heterocycles. The number of thiocarbonyl (C=S) groups is 1. The molecule has 1 aromatic carbocycles. The minimum Gasteiger partial charge on any atom is -0.493 e. The van der Waals surface area contributed by atoms with E-state index in [4.69, 9.17) is 21.7 Å². The van der Waals surface area contributed by atoms with Gasteiger partial charge in [0.2, 0.25) is 0 Å². The lowest BCUT2D eigenvalue weighted by Gasteiger charge is -2.37. The Morgan fingerprint density at radius 3 is 2.46 bits per heavy atom. The third kappa shape index (κ3) is 3.58. The fourth-order valence-corrected chi connectivity index (χ4v) is 3.78. The van der Waals surface area contributed by atoms with Crippen molar-refractivity contribution in [1.29, 1.82) is 0 Å². The lowest BCUT2D eigenvalue weighted by Crippen LogP contribution is -2.57. The van der Waals surface area contributed by atoms with Crippen molar-refractivity contribution in [3.05, 3.63) is 29.3 Å². The average molecular weight is 374 g/mol. The van der Waals surface area contributed by atoms with Gasteiger partial charge in [-0.25, -0.2) is 0 Å². The Labute approximate surface area is 158 Å². The molecule has 0 bridgehead atoms. The van der Waals surface area contributed by atoms with E-state index < -0.39 is 5.91 Å². The van der Waals surface area contributed by atoms with Crippen LogP contribution in [0.3, 0.4) is 0 Å². The molecule has 26 heavy (non-hydrogen) atoms. The average Bonchev–Trinajstić information content (AvgIpc) is 2.65. The first-order chi connectivity index (χ1) is 12.5. The third-order valence-electron chi connectivity index (χ3n) is 4.79. The zero-order valence-corrected chi connectivity index (χ0v) is 15.7. The van der Waals surface area contributed by atoms with Crippen molar-refractivity contribution in [3.8, 4) is 11.5 Å². The van der Waals surface area contributed by atoms with Gasteiger partial charge >= 0.3 is 0 Å². The Balaban J connectivity index is 1.92. The van der Waals surface area contributed by atoms with Crippen LogP contribution in [-0.2, 0) is 9.59 Å². The molecule has 7 heteroatoms. The zero-order chi connectivity index (χ0) is 18.7. The Morgan fingerprint density at radius 1 is 1.12 bits per heavy atom. The van der Waals surface area contributed by atoms with Crippen LogP contribution in [0.4, 0.5) is 0 Å². The maximum Gasteiger partial charge on any atom is 0.265 e. The molecular formula is C19H22N2O4S. The second kappa shape index (κ2) is 7.86. The molecular weight excluding hydrogens is 352 g/mol. The smallest absolute Gasteiger partial charge is 0.265 e. The van der Waals surface area contributed by atoms with Crippen molar-refractivity contribution >= 4 is 35.2 Å². The fraction of sp³-hybridized carbons (Fsp3) is 0.421. The molecule has 1 saturated carbocycles. The summed E-state index contributed by atoms with van der Waals surface area (Å²) >= 11 is 5.26. The SMILES string of the molecule is COc1ccc(C=C2C(=O)NC(=S)N(C3CCCCC3)C2=O)cc1OC. The summed E-state index contributed by atoms with van der Waals surface area (Å²) in [5.41, 5.74) is 0.758. The minimum absolute atomic E-state index is 0.0538. The molecule has 0 radical (unpaired) electrons. The van der Waals surface area contributed by atoms with Gasteiger partial charge in [-0.2, -0.15) is 0 Å². The minimum atomic E-state index is -0.471. The lowest BCUT2D eigenvalue weighted by atomic mass is 9.93. The number of ether oxygens (including phenoxy) is 2. The summed E-state index contributed by atoms with van der Waals surface area (Å²) in [5, 5.41) is 2.86. The zero-order valence-electron chi connectivity index (χ0n) is 14.9. The number of nitrogens with one attached hydrogen (secondary N) is 1. The summed E-state index contributed by atoms with van der Waals surface area (Å²) in [4.78, 5) is 26.9. The van der Waals surface area contributed by atoms with Gasteiger partial charge in [-0.1, -0.05) is 25.3 Å². The summed E-state index contributed by atoms with van der Waals surface area (Å²) in [6, 6.07) is 5.29. The summed E-state index contributed by atoms with van der Waals surface area (Å²) < 4.78 is 10.5. The molecule has 0 spiro atoms. The molecule has 0 atom stereocenters. The van der Waals surface area contributed by atoms with E-state index in [1.54, 1.807) is 36.3 Å². The third-order valence-corrected chi connectivity index (χ3v) is 5.09. The Bertz CT molecular complexity index is 769. The highest BCUT2D eigenvalue weighted by Crippen LogP contribution is 2.30. The van der Waals surface area contributed by atoms with Crippen LogP contribution >= 0.6 is 12.2 Å². The molecule has 2 aliphatic rings. The van der Waals surface area contributed by atoms with Crippen molar-refractivity contribution in [3.63, 3.8) is 0 Å². The van der Waals surface area contributed by atoms with Gasteiger partial charge in [0.25, 0.3) is 11.8 Å². The maximum absolute atomic E-state index is 13.0. The molecule has 3 rings (SSSR count). The number of hydrogen-bond acceptors (Lipinski definition) is 5. The highest BCUT2D eigenvalue weighted by Gasteiger charge is 2.37.